The third-order valence-electron chi connectivity index (χ3n) is 7.19. The van der Waals surface area contributed by atoms with Crippen LogP contribution in [0, 0.1) is 5.21 Å². The quantitative estimate of drug-likeness (QED) is 0.364. The number of hydrogen-bond acceptors (Lipinski definition) is 7. The normalized spacial score (nSPS) is 22.1. The van der Waals surface area contributed by atoms with Crippen LogP contribution in [0.15, 0.2) is 78.5 Å². The molecule has 3 aromatic rings. The second-order valence-electron chi connectivity index (χ2n) is 9.89. The molecule has 210 valence electrons. The Balaban J connectivity index is 1.37. The molecular formula is C30H33N3O6S. The second-order valence-corrected chi connectivity index (χ2v) is 11.6. The monoisotopic (exact) mass is 563 g/mol. The maximum atomic E-state index is 13.7. The van der Waals surface area contributed by atoms with Gasteiger partial charge in [0, 0.05) is 35.9 Å². The molecule has 1 amide bonds. The number of rotatable bonds is 10. The van der Waals surface area contributed by atoms with Gasteiger partial charge in [0.25, 0.3) is 0 Å². The maximum Gasteiger partial charge on any atom is 0.239 e. The number of carbonyl (C=O) groups excluding carboxylic acids is 1. The third kappa shape index (κ3) is 5.86. The summed E-state index contributed by atoms with van der Waals surface area (Å²) in [5, 5.41) is 13.7. The molecule has 0 saturated heterocycles. The largest absolute Gasteiger partial charge is 0.631 e. The summed E-state index contributed by atoms with van der Waals surface area (Å²) in [6.07, 6.45) is 1.30. The number of pyridine rings is 1. The molecule has 10 heteroatoms. The summed E-state index contributed by atoms with van der Waals surface area (Å²) in [5.41, 5.74) is 5.43. The second kappa shape index (κ2) is 12.0. The molecule has 0 radical (unpaired) electrons. The highest BCUT2D eigenvalue weighted by atomic mass is 32.2. The highest BCUT2D eigenvalue weighted by molar-refractivity contribution is 7.89. The van der Waals surface area contributed by atoms with Crippen molar-refractivity contribution in [3.05, 3.63) is 112 Å². The number of nitrogens with one attached hydrogen (secondary N) is 2. The van der Waals surface area contributed by atoms with Crippen molar-refractivity contribution in [2.24, 2.45) is 0 Å². The SMILES string of the molecule is CCOC1CC2=C(c3ncccc31)C(OCC)[NH+]([O-])C2c1ccc(CS(=O)(=O)NC(=O)Cc2ccccc2)cc1. The molecule has 0 bridgehead atoms. The average Bonchev–Trinajstić information content (AvgIpc) is 3.20. The first-order chi connectivity index (χ1) is 19.3. The number of hydrogen-bond donors (Lipinski definition) is 2. The zero-order valence-corrected chi connectivity index (χ0v) is 23.3. The molecule has 2 heterocycles. The summed E-state index contributed by atoms with van der Waals surface area (Å²) in [5.74, 6) is -0.943. The van der Waals surface area contributed by atoms with Gasteiger partial charge in [0.2, 0.25) is 22.2 Å². The highest BCUT2D eigenvalue weighted by Crippen LogP contribution is 2.46. The van der Waals surface area contributed by atoms with Gasteiger partial charge in [-0.25, -0.2) is 8.42 Å². The van der Waals surface area contributed by atoms with Gasteiger partial charge in [0.05, 0.1) is 36.2 Å². The summed E-state index contributed by atoms with van der Waals surface area (Å²) >= 11 is 0. The molecule has 2 aliphatic rings. The predicted octanol–water partition coefficient (Wildman–Crippen LogP) is 3.01. The molecule has 0 saturated carbocycles. The van der Waals surface area contributed by atoms with E-state index in [1.165, 1.54) is 0 Å². The number of aromatic nitrogens is 1. The number of sulfonamides is 1. The number of ether oxygens (including phenoxy) is 2. The van der Waals surface area contributed by atoms with Crippen molar-refractivity contribution in [2.45, 2.75) is 50.8 Å². The molecule has 0 spiro atoms. The fourth-order valence-electron chi connectivity index (χ4n) is 5.61. The summed E-state index contributed by atoms with van der Waals surface area (Å²) in [7, 11) is -3.90. The van der Waals surface area contributed by atoms with Crippen LogP contribution in [0.4, 0.5) is 0 Å². The summed E-state index contributed by atoms with van der Waals surface area (Å²) < 4.78 is 39.5. The van der Waals surface area contributed by atoms with E-state index in [0.717, 1.165) is 33.5 Å². The van der Waals surface area contributed by atoms with Gasteiger partial charge < -0.3 is 19.7 Å². The first-order valence-corrected chi connectivity index (χ1v) is 15.1. The van der Waals surface area contributed by atoms with E-state index in [-0.39, 0.29) is 23.3 Å². The van der Waals surface area contributed by atoms with Crippen LogP contribution in [-0.4, -0.2) is 38.8 Å². The van der Waals surface area contributed by atoms with Crippen molar-refractivity contribution >= 4 is 21.5 Å². The van der Waals surface area contributed by atoms with E-state index >= 15 is 0 Å². The van der Waals surface area contributed by atoms with Gasteiger partial charge >= 0.3 is 0 Å². The van der Waals surface area contributed by atoms with Crippen molar-refractivity contribution in [1.29, 1.82) is 0 Å². The predicted molar refractivity (Wildman–Crippen MR) is 150 cm³/mol. The van der Waals surface area contributed by atoms with Crippen LogP contribution in [0.2, 0.25) is 0 Å². The van der Waals surface area contributed by atoms with Crippen molar-refractivity contribution in [3.8, 4) is 0 Å². The first kappa shape index (κ1) is 28.1. The van der Waals surface area contributed by atoms with E-state index in [1.54, 1.807) is 54.7 Å². The molecule has 4 atom stereocenters. The minimum atomic E-state index is -3.90. The standard InChI is InChI=1S/C30H33N3O6S/c1-3-38-25-18-24-27(28-23(25)11-8-16-31-28)30(39-4-2)33(35)29(24)22-14-12-21(13-15-22)19-40(36,37)32-26(34)17-20-9-6-5-7-10-20/h5-16,25,29-30,33H,3-4,17-19H2,1-2H3,(H,32,34). The van der Waals surface area contributed by atoms with Gasteiger partial charge in [-0.15, -0.1) is 0 Å². The molecule has 2 aromatic carbocycles. The highest BCUT2D eigenvalue weighted by Gasteiger charge is 2.47. The van der Waals surface area contributed by atoms with E-state index in [0.29, 0.717) is 25.2 Å². The Morgan fingerprint density at radius 3 is 2.42 bits per heavy atom. The number of benzene rings is 2. The Bertz CT molecular complexity index is 1490. The van der Waals surface area contributed by atoms with Crippen molar-refractivity contribution in [1.82, 2.24) is 9.71 Å². The van der Waals surface area contributed by atoms with Gasteiger partial charge in [0.15, 0.2) is 0 Å². The van der Waals surface area contributed by atoms with Gasteiger partial charge in [0.1, 0.15) is 6.04 Å². The van der Waals surface area contributed by atoms with E-state index in [4.69, 9.17) is 9.47 Å². The molecule has 1 aliphatic heterocycles. The average molecular weight is 564 g/mol. The van der Waals surface area contributed by atoms with Crippen LogP contribution < -0.4 is 9.79 Å². The van der Waals surface area contributed by atoms with Crippen LogP contribution in [0.1, 0.15) is 60.4 Å². The summed E-state index contributed by atoms with van der Waals surface area (Å²) in [6.45, 7) is 4.71. The lowest BCUT2D eigenvalue weighted by atomic mass is 9.84. The van der Waals surface area contributed by atoms with E-state index in [9.17, 15) is 18.4 Å². The molecule has 9 nitrogen and oxygen atoms in total. The molecule has 4 unspecified atom stereocenters. The smallest absolute Gasteiger partial charge is 0.239 e. The van der Waals surface area contributed by atoms with E-state index in [2.05, 4.69) is 9.71 Å². The lowest BCUT2D eigenvalue weighted by Gasteiger charge is -2.31. The number of fused-ring (bicyclic) bond motifs is 2. The number of nitrogens with zero attached hydrogens (tertiary/aromatic N) is 1. The van der Waals surface area contributed by atoms with Crippen LogP contribution in [-0.2, 0) is 36.5 Å². The fourth-order valence-corrected chi connectivity index (χ4v) is 6.73. The van der Waals surface area contributed by atoms with Crippen molar-refractivity contribution in [2.75, 3.05) is 13.2 Å². The molecule has 40 heavy (non-hydrogen) atoms. The fraction of sp³-hybridized carbons (Fsp3) is 0.333. The zero-order chi connectivity index (χ0) is 28.3. The maximum absolute atomic E-state index is 13.7. The van der Waals surface area contributed by atoms with Gasteiger partial charge in [-0.2, -0.15) is 0 Å². The van der Waals surface area contributed by atoms with Crippen molar-refractivity contribution < 1.29 is 27.7 Å². The molecule has 1 aromatic heterocycles. The minimum Gasteiger partial charge on any atom is -0.631 e. The van der Waals surface area contributed by atoms with Crippen LogP contribution in [0.25, 0.3) is 5.57 Å². The molecule has 0 fully saturated rings. The molecule has 5 rings (SSSR count). The van der Waals surface area contributed by atoms with Crippen LogP contribution in [0.3, 0.4) is 0 Å². The van der Waals surface area contributed by atoms with Crippen LogP contribution in [0.5, 0.6) is 0 Å². The zero-order valence-electron chi connectivity index (χ0n) is 22.5. The number of carbonyl (C=O) groups is 1. The lowest BCUT2D eigenvalue weighted by Crippen LogP contribution is -3.10. The number of amides is 1. The van der Waals surface area contributed by atoms with Crippen LogP contribution >= 0.6 is 0 Å². The Morgan fingerprint density at radius 2 is 1.73 bits per heavy atom. The Hall–Kier alpha value is -3.41. The van der Waals surface area contributed by atoms with E-state index < -0.39 is 28.2 Å². The Kier molecular flexibility index (Phi) is 8.43. The van der Waals surface area contributed by atoms with Gasteiger partial charge in [-0.1, -0.05) is 60.7 Å². The van der Waals surface area contributed by atoms with Gasteiger partial charge in [-0.05, 0) is 31.0 Å². The Labute approximate surface area is 234 Å². The molecular weight excluding hydrogens is 530 g/mol. The minimum absolute atomic E-state index is 0.0258. The first-order valence-electron chi connectivity index (χ1n) is 13.4. The number of hydroxylamine groups is 2. The molecule has 1 aliphatic carbocycles. The van der Waals surface area contributed by atoms with Crippen molar-refractivity contribution in [3.63, 3.8) is 0 Å². The topological polar surface area (TPSA) is 122 Å². The summed E-state index contributed by atoms with van der Waals surface area (Å²) in [4.78, 5) is 16.9. The lowest BCUT2D eigenvalue weighted by molar-refractivity contribution is -0.910. The number of quaternary nitrogens is 1. The summed E-state index contributed by atoms with van der Waals surface area (Å²) in [6, 6.07) is 19.2. The molecule has 2 N–H and O–H groups in total. The Morgan fingerprint density at radius 1 is 1.00 bits per heavy atom. The third-order valence-corrected chi connectivity index (χ3v) is 8.45. The van der Waals surface area contributed by atoms with E-state index in [1.807, 2.05) is 32.0 Å². The van der Waals surface area contributed by atoms with Gasteiger partial charge in [-0.3, -0.25) is 14.5 Å².